The van der Waals surface area contributed by atoms with Crippen LogP contribution in [0.4, 0.5) is 5.69 Å². The van der Waals surface area contributed by atoms with Gasteiger partial charge in [-0.1, -0.05) is 25.4 Å². The molecule has 1 aromatic carbocycles. The van der Waals surface area contributed by atoms with Crippen LogP contribution in [-0.2, 0) is 4.74 Å². The van der Waals surface area contributed by atoms with Gasteiger partial charge in [-0.2, -0.15) is 0 Å². The first-order chi connectivity index (χ1) is 9.36. The van der Waals surface area contributed by atoms with E-state index in [0.717, 1.165) is 6.42 Å². The molecule has 1 aliphatic carbocycles. The smallest absolute Gasteiger partial charge is 0.253 e. The Balaban J connectivity index is 2.05. The topological polar surface area (TPSA) is 64.3 Å². The van der Waals surface area contributed by atoms with Gasteiger partial charge in [-0.3, -0.25) is 4.79 Å². The molecule has 0 heterocycles. The molecule has 1 saturated carbocycles. The van der Waals surface area contributed by atoms with Crippen molar-refractivity contribution in [1.29, 1.82) is 0 Å². The molecule has 1 amide bonds. The zero-order valence-electron chi connectivity index (χ0n) is 12.1. The quantitative estimate of drug-likeness (QED) is 0.840. The van der Waals surface area contributed by atoms with Crippen LogP contribution in [0.15, 0.2) is 18.2 Å². The van der Waals surface area contributed by atoms with Crippen molar-refractivity contribution in [2.75, 3.05) is 12.3 Å². The Bertz CT molecular complexity index is 517. The lowest BCUT2D eigenvalue weighted by molar-refractivity contribution is -0.111. The molecule has 0 aromatic heterocycles. The van der Waals surface area contributed by atoms with Crippen LogP contribution >= 0.6 is 11.6 Å². The van der Waals surface area contributed by atoms with Gasteiger partial charge in [-0.05, 0) is 31.5 Å². The summed E-state index contributed by atoms with van der Waals surface area (Å²) in [5, 5.41) is 3.43. The average Bonchev–Trinajstić information content (AvgIpc) is 2.40. The Morgan fingerprint density at radius 3 is 2.85 bits per heavy atom. The Hall–Kier alpha value is -1.26. The number of hydrogen-bond donors (Lipinski definition) is 2. The number of anilines is 1. The second-order valence-electron chi connectivity index (χ2n) is 5.77. The number of benzene rings is 1. The highest BCUT2D eigenvalue weighted by Crippen LogP contribution is 2.42. The molecule has 20 heavy (non-hydrogen) atoms. The number of carbonyl (C=O) groups excluding carboxylic acids is 1. The maximum absolute atomic E-state index is 12.3. The Kier molecular flexibility index (Phi) is 4.25. The van der Waals surface area contributed by atoms with Crippen molar-refractivity contribution in [3.05, 3.63) is 28.8 Å². The zero-order valence-corrected chi connectivity index (χ0v) is 12.8. The SMILES string of the molecule is CCOC1CC(NC(=O)c2cc(N)ccc2Cl)C1(C)C. The van der Waals surface area contributed by atoms with Crippen molar-refractivity contribution in [3.8, 4) is 0 Å². The molecule has 110 valence electrons. The van der Waals surface area contributed by atoms with Crippen molar-refractivity contribution in [1.82, 2.24) is 5.32 Å². The molecule has 5 heteroatoms. The molecule has 3 N–H and O–H groups in total. The molecule has 1 fully saturated rings. The van der Waals surface area contributed by atoms with Gasteiger partial charge in [0.15, 0.2) is 0 Å². The van der Waals surface area contributed by atoms with Crippen LogP contribution in [0.3, 0.4) is 0 Å². The first kappa shape index (κ1) is 15.1. The standard InChI is InChI=1S/C15H21ClN2O2/c1-4-20-13-8-12(15(13,2)3)18-14(19)10-7-9(17)5-6-11(10)16/h5-7,12-13H,4,8,17H2,1-3H3,(H,18,19). The van der Waals surface area contributed by atoms with E-state index >= 15 is 0 Å². The Labute approximate surface area is 124 Å². The fourth-order valence-corrected chi connectivity index (χ4v) is 2.77. The van der Waals surface area contributed by atoms with E-state index < -0.39 is 0 Å². The van der Waals surface area contributed by atoms with Gasteiger partial charge < -0.3 is 15.8 Å². The van der Waals surface area contributed by atoms with Gasteiger partial charge in [0.25, 0.3) is 5.91 Å². The van der Waals surface area contributed by atoms with Gasteiger partial charge in [-0.25, -0.2) is 0 Å². The molecule has 2 atom stereocenters. The minimum absolute atomic E-state index is 0.0710. The summed E-state index contributed by atoms with van der Waals surface area (Å²) in [7, 11) is 0. The van der Waals surface area contributed by atoms with E-state index in [0.29, 0.717) is 22.9 Å². The largest absolute Gasteiger partial charge is 0.399 e. The molecule has 0 aliphatic heterocycles. The third-order valence-corrected chi connectivity index (χ3v) is 4.42. The Morgan fingerprint density at radius 2 is 2.25 bits per heavy atom. The van der Waals surface area contributed by atoms with Crippen molar-refractivity contribution >= 4 is 23.2 Å². The van der Waals surface area contributed by atoms with Crippen LogP contribution in [0, 0.1) is 5.41 Å². The summed E-state index contributed by atoms with van der Waals surface area (Å²) in [6.45, 7) is 6.87. The van der Waals surface area contributed by atoms with Crippen LogP contribution in [-0.4, -0.2) is 24.7 Å². The van der Waals surface area contributed by atoms with Gasteiger partial charge in [0.05, 0.1) is 16.7 Å². The number of rotatable bonds is 4. The van der Waals surface area contributed by atoms with E-state index in [9.17, 15) is 4.79 Å². The van der Waals surface area contributed by atoms with Gasteiger partial charge in [0.2, 0.25) is 0 Å². The van der Waals surface area contributed by atoms with Crippen LogP contribution in [0.25, 0.3) is 0 Å². The highest BCUT2D eigenvalue weighted by molar-refractivity contribution is 6.34. The summed E-state index contributed by atoms with van der Waals surface area (Å²) in [6.07, 6.45) is 1.01. The summed E-state index contributed by atoms with van der Waals surface area (Å²) >= 11 is 6.04. The van der Waals surface area contributed by atoms with Crippen molar-refractivity contribution < 1.29 is 9.53 Å². The van der Waals surface area contributed by atoms with E-state index in [1.807, 2.05) is 6.92 Å². The monoisotopic (exact) mass is 296 g/mol. The average molecular weight is 297 g/mol. The number of amides is 1. The minimum atomic E-state index is -0.185. The molecule has 0 radical (unpaired) electrons. The van der Waals surface area contributed by atoms with E-state index in [1.54, 1.807) is 18.2 Å². The molecular formula is C15H21ClN2O2. The lowest BCUT2D eigenvalue weighted by atomic mass is 9.64. The summed E-state index contributed by atoms with van der Waals surface area (Å²) in [5.41, 5.74) is 6.57. The van der Waals surface area contributed by atoms with Crippen LogP contribution in [0.1, 0.15) is 37.6 Å². The predicted octanol–water partition coefficient (Wildman–Crippen LogP) is 2.86. The first-order valence-corrected chi connectivity index (χ1v) is 7.21. The van der Waals surface area contributed by atoms with Crippen molar-refractivity contribution in [3.63, 3.8) is 0 Å². The molecule has 0 bridgehead atoms. The zero-order chi connectivity index (χ0) is 14.9. The van der Waals surface area contributed by atoms with E-state index in [2.05, 4.69) is 19.2 Å². The summed E-state index contributed by atoms with van der Waals surface area (Å²) < 4.78 is 5.66. The molecule has 1 aliphatic rings. The normalized spacial score (nSPS) is 24.0. The second kappa shape index (κ2) is 5.62. The molecule has 0 spiro atoms. The lowest BCUT2D eigenvalue weighted by Crippen LogP contribution is -2.62. The van der Waals surface area contributed by atoms with Gasteiger partial charge in [0, 0.05) is 23.8 Å². The third kappa shape index (κ3) is 2.76. The predicted molar refractivity (Wildman–Crippen MR) is 80.9 cm³/mol. The lowest BCUT2D eigenvalue weighted by Gasteiger charge is -2.51. The number of nitrogen functional groups attached to an aromatic ring is 1. The van der Waals surface area contributed by atoms with E-state index in [-0.39, 0.29) is 23.5 Å². The highest BCUT2D eigenvalue weighted by atomic mass is 35.5. The summed E-state index contributed by atoms with van der Waals surface area (Å²) in [6, 6.07) is 5.01. The number of ether oxygens (including phenoxy) is 1. The first-order valence-electron chi connectivity index (χ1n) is 6.83. The van der Waals surface area contributed by atoms with E-state index in [4.69, 9.17) is 22.1 Å². The van der Waals surface area contributed by atoms with E-state index in [1.165, 1.54) is 0 Å². The maximum atomic E-state index is 12.3. The number of hydrogen-bond acceptors (Lipinski definition) is 3. The molecule has 0 saturated heterocycles. The number of nitrogens with two attached hydrogens (primary N) is 1. The number of carbonyl (C=O) groups is 1. The van der Waals surface area contributed by atoms with Crippen LogP contribution in [0.5, 0.6) is 0 Å². The summed E-state index contributed by atoms with van der Waals surface area (Å²) in [4.78, 5) is 12.3. The molecule has 2 unspecified atom stereocenters. The maximum Gasteiger partial charge on any atom is 0.253 e. The highest BCUT2D eigenvalue weighted by Gasteiger charge is 2.49. The number of nitrogens with one attached hydrogen (secondary N) is 1. The molecule has 1 aromatic rings. The Morgan fingerprint density at radius 1 is 1.55 bits per heavy atom. The van der Waals surface area contributed by atoms with Crippen molar-refractivity contribution in [2.45, 2.75) is 39.3 Å². The van der Waals surface area contributed by atoms with Gasteiger partial charge >= 0.3 is 0 Å². The fraction of sp³-hybridized carbons (Fsp3) is 0.533. The van der Waals surface area contributed by atoms with Crippen molar-refractivity contribution in [2.24, 2.45) is 5.41 Å². The summed E-state index contributed by atoms with van der Waals surface area (Å²) in [5.74, 6) is -0.185. The molecular weight excluding hydrogens is 276 g/mol. The van der Waals surface area contributed by atoms with Gasteiger partial charge in [-0.15, -0.1) is 0 Å². The third-order valence-electron chi connectivity index (χ3n) is 4.09. The minimum Gasteiger partial charge on any atom is -0.399 e. The number of halogens is 1. The fourth-order valence-electron chi connectivity index (χ4n) is 2.57. The van der Waals surface area contributed by atoms with Gasteiger partial charge in [0.1, 0.15) is 0 Å². The molecule has 2 rings (SSSR count). The van der Waals surface area contributed by atoms with Crippen LogP contribution < -0.4 is 11.1 Å². The molecule has 4 nitrogen and oxygen atoms in total. The second-order valence-corrected chi connectivity index (χ2v) is 6.17. The van der Waals surface area contributed by atoms with Crippen LogP contribution in [0.2, 0.25) is 5.02 Å².